The van der Waals surface area contributed by atoms with Crippen molar-refractivity contribution in [2.45, 2.75) is 26.0 Å². The number of nitriles is 1. The third-order valence-electron chi connectivity index (χ3n) is 4.10. The van der Waals surface area contributed by atoms with Crippen LogP contribution in [0, 0.1) is 11.3 Å². The number of carbonyl (C=O) groups excluding carboxylic acids is 1. The molecule has 2 atom stereocenters. The summed E-state index contributed by atoms with van der Waals surface area (Å²) in [5.41, 5.74) is 2.41. The number of hydrogen-bond donors (Lipinski definition) is 1. The molecule has 0 aliphatic heterocycles. The lowest BCUT2D eigenvalue weighted by Gasteiger charge is -2.19. The van der Waals surface area contributed by atoms with E-state index in [1.165, 1.54) is 6.33 Å². The van der Waals surface area contributed by atoms with E-state index in [-0.39, 0.29) is 11.9 Å². The number of benzene rings is 2. The van der Waals surface area contributed by atoms with E-state index in [9.17, 15) is 4.79 Å². The van der Waals surface area contributed by atoms with Crippen molar-refractivity contribution in [3.05, 3.63) is 72.3 Å². The van der Waals surface area contributed by atoms with Crippen molar-refractivity contribution in [1.29, 1.82) is 5.26 Å². The summed E-state index contributed by atoms with van der Waals surface area (Å²) in [5, 5.41) is 15.8. The van der Waals surface area contributed by atoms with Gasteiger partial charge in [-0.1, -0.05) is 12.1 Å². The molecule has 0 bridgehead atoms. The summed E-state index contributed by atoms with van der Waals surface area (Å²) >= 11 is 0. The van der Waals surface area contributed by atoms with E-state index in [2.05, 4.69) is 15.4 Å². The van der Waals surface area contributed by atoms with E-state index in [1.54, 1.807) is 42.2 Å². The van der Waals surface area contributed by atoms with Crippen LogP contribution >= 0.6 is 0 Å². The second-order valence-corrected chi connectivity index (χ2v) is 6.06. The highest BCUT2D eigenvalue weighted by molar-refractivity contribution is 5.81. The minimum absolute atomic E-state index is 0.172. The van der Waals surface area contributed by atoms with E-state index in [4.69, 9.17) is 10.00 Å². The minimum atomic E-state index is -0.658. The molecule has 0 aliphatic rings. The summed E-state index contributed by atoms with van der Waals surface area (Å²) in [6.07, 6.45) is 2.45. The van der Waals surface area contributed by atoms with Crippen molar-refractivity contribution in [1.82, 2.24) is 20.1 Å². The third-order valence-corrected chi connectivity index (χ3v) is 4.10. The quantitative estimate of drug-likeness (QED) is 0.729. The van der Waals surface area contributed by atoms with Crippen LogP contribution in [0.4, 0.5) is 0 Å². The van der Waals surface area contributed by atoms with Crippen LogP contribution in [0.5, 0.6) is 5.75 Å². The van der Waals surface area contributed by atoms with Gasteiger partial charge in [-0.2, -0.15) is 10.4 Å². The van der Waals surface area contributed by atoms with Crippen molar-refractivity contribution >= 4 is 5.91 Å². The molecule has 1 heterocycles. The molecule has 0 spiro atoms. The van der Waals surface area contributed by atoms with Crippen LogP contribution in [0.1, 0.15) is 31.0 Å². The highest BCUT2D eigenvalue weighted by Gasteiger charge is 2.18. The van der Waals surface area contributed by atoms with Crippen LogP contribution in [-0.4, -0.2) is 26.8 Å². The number of hydrogen-bond acceptors (Lipinski definition) is 5. The zero-order chi connectivity index (χ0) is 19.2. The maximum absolute atomic E-state index is 12.4. The van der Waals surface area contributed by atoms with Crippen LogP contribution in [0.3, 0.4) is 0 Å². The van der Waals surface area contributed by atoms with E-state index < -0.39 is 6.10 Å². The van der Waals surface area contributed by atoms with Crippen LogP contribution in [0.2, 0.25) is 0 Å². The Bertz CT molecular complexity index is 928. The predicted octanol–water partition coefficient (Wildman–Crippen LogP) is 2.78. The van der Waals surface area contributed by atoms with Gasteiger partial charge < -0.3 is 10.1 Å². The van der Waals surface area contributed by atoms with Crippen LogP contribution in [-0.2, 0) is 4.79 Å². The number of carbonyl (C=O) groups is 1. The molecular formula is C20H19N5O2. The summed E-state index contributed by atoms with van der Waals surface area (Å²) in [6.45, 7) is 3.60. The first-order valence-corrected chi connectivity index (χ1v) is 8.49. The molecule has 0 aliphatic carbocycles. The minimum Gasteiger partial charge on any atom is -0.481 e. The standard InChI is InChI=1S/C20H19N5O2/c1-14(17-5-7-18(8-6-17)25-13-22-12-23-25)24-20(26)15(2)27-19-9-3-16(11-21)4-10-19/h3-10,12-15H,1-2H3,(H,24,26)/t14-,15+/m0/s1. The topological polar surface area (TPSA) is 92.8 Å². The molecule has 3 rings (SSSR count). The number of aromatic nitrogens is 3. The van der Waals surface area contributed by atoms with Crippen molar-refractivity contribution < 1.29 is 9.53 Å². The predicted molar refractivity (Wildman–Crippen MR) is 99.2 cm³/mol. The Labute approximate surface area is 157 Å². The lowest BCUT2D eigenvalue weighted by atomic mass is 10.1. The Morgan fingerprint density at radius 3 is 2.44 bits per heavy atom. The van der Waals surface area contributed by atoms with E-state index in [0.717, 1.165) is 11.3 Å². The van der Waals surface area contributed by atoms with E-state index in [1.807, 2.05) is 37.3 Å². The zero-order valence-electron chi connectivity index (χ0n) is 15.0. The van der Waals surface area contributed by atoms with Gasteiger partial charge >= 0.3 is 0 Å². The Morgan fingerprint density at radius 2 is 1.85 bits per heavy atom. The molecule has 0 fully saturated rings. The Morgan fingerprint density at radius 1 is 1.15 bits per heavy atom. The average Bonchev–Trinajstić information content (AvgIpc) is 3.23. The summed E-state index contributed by atoms with van der Waals surface area (Å²) in [4.78, 5) is 16.3. The molecule has 0 saturated carbocycles. The molecular weight excluding hydrogens is 342 g/mol. The zero-order valence-corrected chi connectivity index (χ0v) is 15.0. The first-order chi connectivity index (χ1) is 13.1. The molecule has 2 aromatic carbocycles. The fourth-order valence-corrected chi connectivity index (χ4v) is 2.54. The molecule has 1 aromatic heterocycles. The molecule has 136 valence electrons. The van der Waals surface area contributed by atoms with E-state index in [0.29, 0.717) is 11.3 Å². The largest absolute Gasteiger partial charge is 0.481 e. The SMILES string of the molecule is C[C@H](NC(=O)[C@@H](C)Oc1ccc(C#N)cc1)c1ccc(-n2cncn2)cc1. The highest BCUT2D eigenvalue weighted by atomic mass is 16.5. The van der Waals surface area contributed by atoms with Crippen molar-refractivity contribution in [3.8, 4) is 17.5 Å². The maximum atomic E-state index is 12.4. The number of nitrogens with one attached hydrogen (secondary N) is 1. The summed E-state index contributed by atoms with van der Waals surface area (Å²) in [6, 6.07) is 16.2. The van der Waals surface area contributed by atoms with Gasteiger partial charge in [-0.25, -0.2) is 9.67 Å². The number of amides is 1. The molecule has 7 heteroatoms. The van der Waals surface area contributed by atoms with Gasteiger partial charge in [-0.15, -0.1) is 0 Å². The third kappa shape index (κ3) is 4.50. The summed E-state index contributed by atoms with van der Waals surface area (Å²) in [5.74, 6) is 0.328. The first-order valence-electron chi connectivity index (χ1n) is 8.49. The van der Waals surface area contributed by atoms with Gasteiger partial charge in [-0.3, -0.25) is 4.79 Å². The average molecular weight is 361 g/mol. The monoisotopic (exact) mass is 361 g/mol. The highest BCUT2D eigenvalue weighted by Crippen LogP contribution is 2.17. The van der Waals surface area contributed by atoms with Crippen molar-refractivity contribution in [2.75, 3.05) is 0 Å². The number of ether oxygens (including phenoxy) is 1. The van der Waals surface area contributed by atoms with Gasteiger partial charge in [0.05, 0.1) is 23.4 Å². The van der Waals surface area contributed by atoms with Gasteiger partial charge in [0.15, 0.2) is 6.10 Å². The molecule has 0 saturated heterocycles. The maximum Gasteiger partial charge on any atom is 0.261 e. The van der Waals surface area contributed by atoms with Gasteiger partial charge in [0, 0.05) is 0 Å². The lowest BCUT2D eigenvalue weighted by molar-refractivity contribution is -0.127. The smallest absolute Gasteiger partial charge is 0.261 e. The lowest BCUT2D eigenvalue weighted by Crippen LogP contribution is -2.37. The second-order valence-electron chi connectivity index (χ2n) is 6.06. The molecule has 1 N–H and O–H groups in total. The van der Waals surface area contributed by atoms with Crippen molar-refractivity contribution in [2.24, 2.45) is 0 Å². The Balaban J connectivity index is 1.58. The van der Waals surface area contributed by atoms with Gasteiger partial charge in [0.2, 0.25) is 0 Å². The molecule has 1 amide bonds. The normalized spacial score (nSPS) is 12.6. The van der Waals surface area contributed by atoms with Crippen molar-refractivity contribution in [3.63, 3.8) is 0 Å². The van der Waals surface area contributed by atoms with E-state index >= 15 is 0 Å². The van der Waals surface area contributed by atoms with Crippen LogP contribution in [0.25, 0.3) is 5.69 Å². The second kappa shape index (κ2) is 8.15. The fourth-order valence-electron chi connectivity index (χ4n) is 2.54. The van der Waals surface area contributed by atoms with Crippen LogP contribution in [0.15, 0.2) is 61.2 Å². The first kappa shape index (κ1) is 18.1. The Hall–Kier alpha value is -3.66. The van der Waals surface area contributed by atoms with Gasteiger partial charge in [-0.05, 0) is 55.8 Å². The van der Waals surface area contributed by atoms with Gasteiger partial charge in [0.1, 0.15) is 18.4 Å². The Kier molecular flexibility index (Phi) is 5.47. The summed E-state index contributed by atoms with van der Waals surface area (Å²) < 4.78 is 7.31. The molecule has 0 radical (unpaired) electrons. The molecule has 3 aromatic rings. The fraction of sp³-hybridized carbons (Fsp3) is 0.200. The van der Waals surface area contributed by atoms with Gasteiger partial charge in [0.25, 0.3) is 5.91 Å². The molecule has 27 heavy (non-hydrogen) atoms. The van der Waals surface area contributed by atoms with Crippen LogP contribution < -0.4 is 10.1 Å². The number of rotatable bonds is 6. The molecule has 0 unspecified atom stereocenters. The summed E-state index contributed by atoms with van der Waals surface area (Å²) in [7, 11) is 0. The number of nitrogens with zero attached hydrogens (tertiary/aromatic N) is 4. The molecule has 7 nitrogen and oxygen atoms in total.